The van der Waals surface area contributed by atoms with Gasteiger partial charge in [-0.25, -0.2) is 4.57 Å². The van der Waals surface area contributed by atoms with Crippen molar-refractivity contribution in [3.05, 3.63) is 60.8 Å². The van der Waals surface area contributed by atoms with Crippen molar-refractivity contribution in [2.24, 2.45) is 0 Å². The minimum atomic E-state index is -4.52. The molecule has 0 aliphatic carbocycles. The standard InChI is InChI=1S/C38H67O9P/c1-3-5-7-9-11-13-15-17-18-19-20-22-24-26-28-30-38(41)47-37(35-46-48(42,43)45-33-36(40)32-39)34-44-31-29-27-25-23-21-16-14-12-10-8-6-4-2/h5,7,10-13,17-18,20,22,36-37,39-40H,3-4,6,8-9,14-16,19,21,23-35H2,1-2H3,(H,42,43)/b7-5-,12-10-,13-11-,18-17-,22-20-. The van der Waals surface area contributed by atoms with Crippen molar-refractivity contribution in [1.82, 2.24) is 0 Å². The van der Waals surface area contributed by atoms with Gasteiger partial charge in [0.15, 0.2) is 0 Å². The molecule has 0 aliphatic rings. The summed E-state index contributed by atoms with van der Waals surface area (Å²) in [6, 6.07) is 0. The van der Waals surface area contributed by atoms with Crippen LogP contribution in [0.2, 0.25) is 0 Å². The van der Waals surface area contributed by atoms with E-state index in [9.17, 15) is 19.4 Å². The quantitative estimate of drug-likeness (QED) is 0.0260. The Kier molecular flexibility index (Phi) is 33.7. The molecule has 0 aromatic rings. The summed E-state index contributed by atoms with van der Waals surface area (Å²) in [6.07, 6.45) is 37.5. The van der Waals surface area contributed by atoms with Gasteiger partial charge >= 0.3 is 13.8 Å². The molecule has 0 spiro atoms. The van der Waals surface area contributed by atoms with Gasteiger partial charge in [-0.05, 0) is 70.6 Å². The minimum absolute atomic E-state index is 0.0251. The number of carbonyl (C=O) groups is 1. The third kappa shape index (κ3) is 34.0. The number of phosphoric ester groups is 1. The highest BCUT2D eigenvalue weighted by Gasteiger charge is 2.26. The fourth-order valence-electron chi connectivity index (χ4n) is 4.38. The third-order valence-electron chi connectivity index (χ3n) is 7.19. The number of aliphatic hydroxyl groups excluding tert-OH is 2. The predicted molar refractivity (Wildman–Crippen MR) is 196 cm³/mol. The van der Waals surface area contributed by atoms with Gasteiger partial charge in [-0.1, -0.05) is 113 Å². The maximum atomic E-state index is 12.5. The lowest BCUT2D eigenvalue weighted by Gasteiger charge is -2.20. The molecule has 0 saturated carbocycles. The van der Waals surface area contributed by atoms with Crippen LogP contribution in [0.4, 0.5) is 0 Å². The Morgan fingerprint density at radius 2 is 1.19 bits per heavy atom. The van der Waals surface area contributed by atoms with Gasteiger partial charge in [0.2, 0.25) is 0 Å². The molecule has 0 rings (SSSR count). The number of hydrogen-bond donors (Lipinski definition) is 3. The Labute approximate surface area is 291 Å². The van der Waals surface area contributed by atoms with Crippen molar-refractivity contribution in [3.8, 4) is 0 Å². The molecule has 0 aromatic heterocycles. The number of hydrogen-bond acceptors (Lipinski definition) is 8. The van der Waals surface area contributed by atoms with Crippen LogP contribution in [-0.2, 0) is 27.9 Å². The zero-order valence-electron chi connectivity index (χ0n) is 29.9. The van der Waals surface area contributed by atoms with Crippen LogP contribution < -0.4 is 0 Å². The molecule has 3 unspecified atom stereocenters. The second kappa shape index (κ2) is 35.0. The summed E-state index contributed by atoms with van der Waals surface area (Å²) >= 11 is 0. The summed E-state index contributed by atoms with van der Waals surface area (Å²) < 4.78 is 33.1. The van der Waals surface area contributed by atoms with Gasteiger partial charge < -0.3 is 24.6 Å². The molecule has 9 nitrogen and oxygen atoms in total. The lowest BCUT2D eigenvalue weighted by Crippen LogP contribution is -2.29. The molecule has 3 atom stereocenters. The molecule has 0 amide bonds. The van der Waals surface area contributed by atoms with Crippen LogP contribution in [0.15, 0.2) is 60.8 Å². The summed E-state index contributed by atoms with van der Waals surface area (Å²) in [5, 5.41) is 18.3. The first-order valence-corrected chi connectivity index (χ1v) is 19.8. The number of carbonyl (C=O) groups excluding carboxylic acids is 1. The Morgan fingerprint density at radius 3 is 1.81 bits per heavy atom. The normalized spacial score (nSPS) is 15.0. The van der Waals surface area contributed by atoms with Gasteiger partial charge in [-0.2, -0.15) is 0 Å². The topological polar surface area (TPSA) is 132 Å². The van der Waals surface area contributed by atoms with Crippen molar-refractivity contribution in [3.63, 3.8) is 0 Å². The van der Waals surface area contributed by atoms with E-state index in [2.05, 4.69) is 74.6 Å². The largest absolute Gasteiger partial charge is 0.472 e. The molecular formula is C38H67O9P. The number of phosphoric acid groups is 1. The van der Waals surface area contributed by atoms with Crippen molar-refractivity contribution in [2.75, 3.05) is 33.0 Å². The Bertz CT molecular complexity index is 929. The van der Waals surface area contributed by atoms with E-state index >= 15 is 0 Å². The SMILES string of the molecule is CC/C=C\C/C=C\C/C=C\C/C=C\CCCCC(=O)OC(COCCCCCCCC/C=C\CCCC)COP(=O)(O)OCC(O)CO. The van der Waals surface area contributed by atoms with Crippen molar-refractivity contribution in [2.45, 2.75) is 142 Å². The molecule has 0 heterocycles. The van der Waals surface area contributed by atoms with Crippen molar-refractivity contribution >= 4 is 13.8 Å². The van der Waals surface area contributed by atoms with Gasteiger partial charge in [-0.3, -0.25) is 13.8 Å². The maximum Gasteiger partial charge on any atom is 0.472 e. The Hall–Kier alpha value is -1.84. The highest BCUT2D eigenvalue weighted by atomic mass is 31.2. The summed E-state index contributed by atoms with van der Waals surface area (Å²) in [4.78, 5) is 22.4. The monoisotopic (exact) mass is 698 g/mol. The summed E-state index contributed by atoms with van der Waals surface area (Å²) in [7, 11) is -4.52. The zero-order chi connectivity index (χ0) is 35.4. The average Bonchev–Trinajstić information content (AvgIpc) is 3.07. The molecule has 0 radical (unpaired) electrons. The molecule has 278 valence electrons. The number of rotatable bonds is 34. The van der Waals surface area contributed by atoms with E-state index in [1.165, 1.54) is 38.5 Å². The number of ether oxygens (including phenoxy) is 2. The summed E-state index contributed by atoms with van der Waals surface area (Å²) in [6.45, 7) is 3.26. The molecular weight excluding hydrogens is 631 g/mol. The van der Waals surface area contributed by atoms with Gasteiger partial charge in [0.1, 0.15) is 12.2 Å². The fourth-order valence-corrected chi connectivity index (χ4v) is 5.17. The number of allylic oxidation sites excluding steroid dienone is 10. The van der Waals surface area contributed by atoms with E-state index in [0.717, 1.165) is 64.2 Å². The van der Waals surface area contributed by atoms with E-state index < -0.39 is 45.8 Å². The zero-order valence-corrected chi connectivity index (χ0v) is 30.8. The summed E-state index contributed by atoms with van der Waals surface area (Å²) in [5.74, 6) is -0.429. The van der Waals surface area contributed by atoms with Gasteiger partial charge in [-0.15, -0.1) is 0 Å². The highest BCUT2D eigenvalue weighted by molar-refractivity contribution is 7.47. The first-order chi connectivity index (χ1) is 23.3. The number of esters is 1. The molecule has 0 aliphatic heterocycles. The minimum Gasteiger partial charge on any atom is -0.457 e. The smallest absolute Gasteiger partial charge is 0.457 e. The molecule has 3 N–H and O–H groups in total. The highest BCUT2D eigenvalue weighted by Crippen LogP contribution is 2.43. The Balaban J connectivity index is 4.37. The second-order valence-corrected chi connectivity index (χ2v) is 13.3. The van der Waals surface area contributed by atoms with Crippen LogP contribution in [0, 0.1) is 0 Å². The summed E-state index contributed by atoms with van der Waals surface area (Å²) in [5.41, 5.74) is 0. The molecule has 10 heteroatoms. The van der Waals surface area contributed by atoms with Crippen molar-refractivity contribution < 1.29 is 43.0 Å². The lowest BCUT2D eigenvalue weighted by atomic mass is 10.1. The van der Waals surface area contributed by atoms with E-state index in [-0.39, 0.29) is 13.0 Å². The Morgan fingerprint density at radius 1 is 0.667 bits per heavy atom. The van der Waals surface area contributed by atoms with Crippen LogP contribution in [0.25, 0.3) is 0 Å². The number of unbranched alkanes of at least 4 members (excludes halogenated alkanes) is 10. The number of aliphatic hydroxyl groups is 2. The van der Waals surface area contributed by atoms with Crippen LogP contribution in [0.1, 0.15) is 129 Å². The van der Waals surface area contributed by atoms with E-state index in [1.54, 1.807) is 0 Å². The van der Waals surface area contributed by atoms with E-state index in [1.807, 2.05) is 0 Å². The van der Waals surface area contributed by atoms with Gasteiger partial charge in [0, 0.05) is 13.0 Å². The van der Waals surface area contributed by atoms with Crippen LogP contribution in [0.3, 0.4) is 0 Å². The average molecular weight is 699 g/mol. The first kappa shape index (κ1) is 46.2. The van der Waals surface area contributed by atoms with Crippen LogP contribution in [-0.4, -0.2) is 66.3 Å². The lowest BCUT2D eigenvalue weighted by molar-refractivity contribution is -0.154. The third-order valence-corrected chi connectivity index (χ3v) is 8.14. The molecule has 0 saturated heterocycles. The molecule has 0 aromatic carbocycles. The first-order valence-electron chi connectivity index (χ1n) is 18.3. The van der Waals surface area contributed by atoms with Crippen LogP contribution in [0.5, 0.6) is 0 Å². The van der Waals surface area contributed by atoms with E-state index in [4.69, 9.17) is 23.6 Å². The van der Waals surface area contributed by atoms with Crippen molar-refractivity contribution in [1.29, 1.82) is 0 Å². The maximum absolute atomic E-state index is 12.5. The van der Waals surface area contributed by atoms with Gasteiger partial charge in [0.05, 0.1) is 26.4 Å². The molecule has 0 bridgehead atoms. The fraction of sp³-hybridized carbons (Fsp3) is 0.711. The van der Waals surface area contributed by atoms with Crippen LogP contribution >= 0.6 is 7.82 Å². The predicted octanol–water partition coefficient (Wildman–Crippen LogP) is 9.24. The van der Waals surface area contributed by atoms with E-state index in [0.29, 0.717) is 13.0 Å². The van der Waals surface area contributed by atoms with Gasteiger partial charge in [0.25, 0.3) is 0 Å². The second-order valence-electron chi connectivity index (χ2n) is 11.9. The molecule has 48 heavy (non-hydrogen) atoms. The molecule has 0 fully saturated rings.